The predicted octanol–water partition coefficient (Wildman–Crippen LogP) is 4.77. The van der Waals surface area contributed by atoms with Crippen molar-refractivity contribution < 1.29 is 57.3 Å². The summed E-state index contributed by atoms with van der Waals surface area (Å²) in [6.45, 7) is 15.7. The van der Waals surface area contributed by atoms with Crippen molar-refractivity contribution in [1.29, 1.82) is 0 Å². The lowest BCUT2D eigenvalue weighted by molar-refractivity contribution is -0.189. The summed E-state index contributed by atoms with van der Waals surface area (Å²) < 4.78 is 23.4. The van der Waals surface area contributed by atoms with Gasteiger partial charge in [-0.25, -0.2) is 0 Å². The molecule has 71 heavy (non-hydrogen) atoms. The van der Waals surface area contributed by atoms with Gasteiger partial charge in [-0.15, -0.1) is 5.06 Å². The molecule has 18 nitrogen and oxygen atoms in total. The molecule has 1 fully saturated rings. The second kappa shape index (κ2) is 28.4. The van der Waals surface area contributed by atoms with E-state index in [1.807, 2.05) is 84.0 Å². The van der Waals surface area contributed by atoms with Crippen LogP contribution in [0.4, 0.5) is 0 Å². The van der Waals surface area contributed by atoms with Crippen molar-refractivity contribution in [2.75, 3.05) is 74.4 Å². The van der Waals surface area contributed by atoms with E-state index < -0.39 is 65.8 Å². The number of carbonyl (C=O) groups excluding carboxylic acids is 7. The molecular weight excluding hydrogens is 913 g/mol. The minimum Gasteiger partial charge on any atom is -0.379 e. The van der Waals surface area contributed by atoms with Crippen molar-refractivity contribution in [3.8, 4) is 0 Å². The zero-order valence-corrected chi connectivity index (χ0v) is 44.1. The van der Waals surface area contributed by atoms with E-state index in [0.29, 0.717) is 50.6 Å². The molecule has 1 aromatic heterocycles. The highest BCUT2D eigenvalue weighted by atomic mass is 16.7. The number of para-hydroxylation sites is 1. The van der Waals surface area contributed by atoms with Gasteiger partial charge in [-0.3, -0.25) is 43.3 Å². The lowest BCUT2D eigenvalue weighted by Gasteiger charge is -2.41. The fourth-order valence-corrected chi connectivity index (χ4v) is 10.3. The van der Waals surface area contributed by atoms with Gasteiger partial charge in [-0.2, -0.15) is 0 Å². The second-order valence-corrected chi connectivity index (χ2v) is 20.0. The molecule has 0 bridgehead atoms. The van der Waals surface area contributed by atoms with Crippen LogP contribution in [-0.4, -0.2) is 171 Å². The van der Waals surface area contributed by atoms with Crippen molar-refractivity contribution >= 4 is 52.0 Å². The molecule has 2 aliphatic rings. The zero-order chi connectivity index (χ0) is 52.5. The Morgan fingerprint density at radius 1 is 0.831 bits per heavy atom. The number of carbonyl (C=O) groups is 7. The Kier molecular flexibility index (Phi) is 23.5. The monoisotopic (exact) mass is 995 g/mol. The molecule has 2 aliphatic heterocycles. The number of hydroxylamine groups is 2. The quantitative estimate of drug-likeness (QED) is 0.0728. The summed E-state index contributed by atoms with van der Waals surface area (Å²) in [6, 6.07) is 6.41. The number of ketones is 2. The number of ether oxygens (including phenoxy) is 4. The number of aromatic nitrogens is 1. The maximum Gasteiger partial charge on any atom is 0.277 e. The number of hydrogen-bond donors (Lipinski definition) is 2. The lowest BCUT2D eigenvalue weighted by atomic mass is 9.83. The molecule has 4 rings (SSSR count). The average Bonchev–Trinajstić information content (AvgIpc) is 4.07. The van der Waals surface area contributed by atoms with Crippen LogP contribution in [0, 0.1) is 35.5 Å². The zero-order valence-electron chi connectivity index (χ0n) is 44.1. The molecule has 2 aromatic rings. The van der Waals surface area contributed by atoms with Crippen LogP contribution in [0.3, 0.4) is 0 Å². The highest BCUT2D eigenvalue weighted by Crippen LogP contribution is 2.32. The molecule has 3 heterocycles. The van der Waals surface area contributed by atoms with E-state index in [0.717, 1.165) is 35.0 Å². The number of H-pyrrole nitrogens is 1. The number of amides is 5. The van der Waals surface area contributed by atoms with Crippen molar-refractivity contribution in [3.63, 3.8) is 0 Å². The van der Waals surface area contributed by atoms with E-state index in [1.165, 1.54) is 0 Å². The van der Waals surface area contributed by atoms with Crippen LogP contribution in [0.2, 0.25) is 0 Å². The van der Waals surface area contributed by atoms with Crippen molar-refractivity contribution in [1.82, 2.24) is 24.7 Å². The molecule has 0 unspecified atom stereocenters. The van der Waals surface area contributed by atoms with Gasteiger partial charge in [0.05, 0.1) is 69.8 Å². The van der Waals surface area contributed by atoms with E-state index in [4.69, 9.17) is 29.5 Å². The molecule has 0 saturated carbocycles. The Morgan fingerprint density at radius 2 is 1.48 bits per heavy atom. The van der Waals surface area contributed by atoms with Gasteiger partial charge in [-0.1, -0.05) is 73.1 Å². The number of primary amides is 1. The number of benzene rings is 1. The van der Waals surface area contributed by atoms with Crippen LogP contribution in [-0.2, 0) is 63.8 Å². The summed E-state index contributed by atoms with van der Waals surface area (Å²) in [5, 5.41) is 1.66. The molecule has 1 saturated heterocycles. The Bertz CT molecular complexity index is 2110. The smallest absolute Gasteiger partial charge is 0.277 e. The number of nitrogens with one attached hydrogen (secondary N) is 1. The number of likely N-dealkylation sites (tertiary alicyclic amines) is 1. The fraction of sp³-hybridized carbons (Fsp3) is 0.679. The molecule has 18 heteroatoms. The Morgan fingerprint density at radius 3 is 2.08 bits per heavy atom. The summed E-state index contributed by atoms with van der Waals surface area (Å²) in [5.41, 5.74) is 7.71. The third kappa shape index (κ3) is 15.8. The Balaban J connectivity index is 1.35. The summed E-state index contributed by atoms with van der Waals surface area (Å²) in [6.07, 6.45) is 5.16. The van der Waals surface area contributed by atoms with Gasteiger partial charge in [0.25, 0.3) is 11.8 Å². The molecule has 0 spiro atoms. The standard InChI is InChI=1S/C53H82N6O12/c1-12-35(6)50(57(9)53(66)40(33(2)3)30-44(61)49(34(4)5)56(8)22-23-69-24-25-70-26-27-71-59-46(62)19-20-47(59)63)45(67-10)31-48(64)58-21-15-18-42(58)51(68-11)36(7)43(60)29-37(52(54)65)28-38-32-55-41-17-14-13-16-39(38)41/h13-14,16-17,19-20,32-37,40,42,45,49-51,55H,12,15,18,21-31H2,1-11H3,(H2,54,65)/t35-,36-,37+,40-,42-,45+,49-,50-,51+/m0/s1. The van der Waals surface area contributed by atoms with Crippen molar-refractivity contribution in [3.05, 3.63) is 48.2 Å². The highest BCUT2D eigenvalue weighted by molar-refractivity contribution is 6.11. The van der Waals surface area contributed by atoms with Crippen LogP contribution in [0.5, 0.6) is 0 Å². The van der Waals surface area contributed by atoms with E-state index in [1.54, 1.807) is 38.0 Å². The molecule has 1 aromatic carbocycles. The number of methoxy groups -OCH3 is 2. The topological polar surface area (TPSA) is 220 Å². The van der Waals surface area contributed by atoms with Gasteiger partial charge in [0.2, 0.25) is 17.7 Å². The summed E-state index contributed by atoms with van der Waals surface area (Å²) >= 11 is 0. The summed E-state index contributed by atoms with van der Waals surface area (Å²) in [4.78, 5) is 107. The molecule has 9 atom stereocenters. The predicted molar refractivity (Wildman–Crippen MR) is 268 cm³/mol. The third-order valence-corrected chi connectivity index (χ3v) is 14.5. The average molecular weight is 995 g/mol. The van der Waals surface area contributed by atoms with E-state index in [9.17, 15) is 33.6 Å². The fourth-order valence-electron chi connectivity index (χ4n) is 10.3. The molecule has 396 valence electrons. The first kappa shape index (κ1) is 58.7. The van der Waals surface area contributed by atoms with Crippen LogP contribution >= 0.6 is 0 Å². The highest BCUT2D eigenvalue weighted by Gasteiger charge is 2.43. The maximum absolute atomic E-state index is 14.7. The van der Waals surface area contributed by atoms with Gasteiger partial charge < -0.3 is 39.5 Å². The van der Waals surface area contributed by atoms with Crippen LogP contribution < -0.4 is 5.73 Å². The third-order valence-electron chi connectivity index (χ3n) is 14.5. The van der Waals surface area contributed by atoms with Gasteiger partial charge >= 0.3 is 0 Å². The first-order chi connectivity index (χ1) is 33.8. The van der Waals surface area contributed by atoms with E-state index in [2.05, 4.69) is 4.98 Å². The molecular formula is C53H82N6O12. The summed E-state index contributed by atoms with van der Waals surface area (Å²) in [5.74, 6) is -4.45. The number of nitrogens with zero attached hydrogens (tertiary/aromatic N) is 4. The molecule has 3 N–H and O–H groups in total. The lowest BCUT2D eigenvalue weighted by Crippen LogP contribution is -2.54. The minimum absolute atomic E-state index is 0.0121. The normalized spacial score (nSPS) is 18.6. The van der Waals surface area contributed by atoms with Gasteiger partial charge in [-0.05, 0) is 55.7 Å². The van der Waals surface area contributed by atoms with Crippen LogP contribution in [0.25, 0.3) is 10.9 Å². The number of rotatable bonds is 33. The van der Waals surface area contributed by atoms with Gasteiger partial charge in [0.1, 0.15) is 5.78 Å². The van der Waals surface area contributed by atoms with Gasteiger partial charge in [0.15, 0.2) is 5.78 Å². The number of Topliss-reactive ketones (excluding diaryl/α,β-unsaturated/α-hetero) is 2. The van der Waals surface area contributed by atoms with Crippen LogP contribution in [0.1, 0.15) is 92.6 Å². The molecule has 0 radical (unpaired) electrons. The number of nitrogens with two attached hydrogens (primary N) is 1. The van der Waals surface area contributed by atoms with Gasteiger partial charge in [0, 0.05) is 94.2 Å². The van der Waals surface area contributed by atoms with E-state index >= 15 is 0 Å². The second-order valence-electron chi connectivity index (χ2n) is 20.0. The van der Waals surface area contributed by atoms with E-state index in [-0.39, 0.29) is 80.2 Å². The molecule has 0 aliphatic carbocycles. The van der Waals surface area contributed by atoms with Crippen LogP contribution in [0.15, 0.2) is 42.6 Å². The number of aromatic amines is 1. The van der Waals surface area contributed by atoms with Crippen molar-refractivity contribution in [2.45, 2.75) is 124 Å². The summed E-state index contributed by atoms with van der Waals surface area (Å²) in [7, 11) is 6.71. The van der Waals surface area contributed by atoms with Crippen molar-refractivity contribution in [2.24, 2.45) is 41.2 Å². The molecule has 5 amide bonds. The first-order valence-electron chi connectivity index (χ1n) is 25.3. The Labute approximate surface area is 420 Å². The number of hydrogen-bond acceptors (Lipinski definition) is 13. The largest absolute Gasteiger partial charge is 0.379 e. The Hall–Kier alpha value is -4.85. The number of fused-ring (bicyclic) bond motifs is 1. The minimum atomic E-state index is -0.721. The maximum atomic E-state index is 14.7. The first-order valence-corrected chi connectivity index (χ1v) is 25.3. The number of imide groups is 1. The SMILES string of the molecule is CC[C@H](C)[C@@H]([C@@H](CC(=O)N1CCC[C@H]1[C@H](OC)[C@@H](C)C(=O)C[C@@H](Cc1c[nH]c2ccccc12)C(N)=O)OC)N(C)C(=O)[C@@H](CC(=O)[C@H](C(C)C)N(C)CCOCCOCCON1C(=O)C=CC1=O)C(C)C. The number of likely N-dealkylation sites (N-methyl/N-ethyl adjacent to an activating group) is 2.